The van der Waals surface area contributed by atoms with Gasteiger partial charge in [-0.15, -0.1) is 0 Å². The molecule has 0 aliphatic rings. The molecule has 0 fully saturated rings. The Labute approximate surface area is 164 Å². The van der Waals surface area contributed by atoms with Gasteiger partial charge in [-0.05, 0) is 56.2 Å². The first-order valence-electron chi connectivity index (χ1n) is 8.85. The van der Waals surface area contributed by atoms with Gasteiger partial charge in [0.15, 0.2) is 0 Å². The molecule has 2 amide bonds. The van der Waals surface area contributed by atoms with Gasteiger partial charge in [0.05, 0.1) is 6.42 Å². The Bertz CT molecular complexity index is 793. The highest BCUT2D eigenvalue weighted by Gasteiger charge is 2.26. The van der Waals surface area contributed by atoms with Crippen LogP contribution in [0.15, 0.2) is 48.5 Å². The van der Waals surface area contributed by atoms with Crippen LogP contribution >= 0.6 is 11.6 Å². The van der Waals surface area contributed by atoms with Crippen molar-refractivity contribution in [2.24, 2.45) is 0 Å². The van der Waals surface area contributed by atoms with Crippen LogP contribution in [0.3, 0.4) is 0 Å². The first kappa shape index (κ1) is 20.9. The lowest BCUT2D eigenvalue weighted by molar-refractivity contribution is -0.140. The van der Waals surface area contributed by atoms with Crippen LogP contribution in [0, 0.1) is 5.82 Å². The maximum Gasteiger partial charge on any atom is 0.242 e. The summed E-state index contributed by atoms with van der Waals surface area (Å²) in [6.07, 6.45) is 0.0835. The molecule has 27 heavy (non-hydrogen) atoms. The molecule has 2 rings (SSSR count). The molecule has 4 nitrogen and oxygen atoms in total. The molecular formula is C21H24ClFN2O2. The second kappa shape index (κ2) is 9.51. The topological polar surface area (TPSA) is 49.4 Å². The van der Waals surface area contributed by atoms with Crippen LogP contribution in [0.2, 0.25) is 5.02 Å². The van der Waals surface area contributed by atoms with Crippen molar-refractivity contribution in [3.8, 4) is 0 Å². The van der Waals surface area contributed by atoms with Crippen LogP contribution in [0.25, 0.3) is 0 Å². The maximum absolute atomic E-state index is 13.1. The monoisotopic (exact) mass is 390 g/mol. The standard InChI is InChI=1S/C21H24ClFN2O2/c1-14(2)24-21(27)15(3)25(13-17-5-4-6-18(22)11-17)20(26)12-16-7-9-19(23)10-8-16/h4-11,14-15H,12-13H2,1-3H3,(H,24,27)/t15-/m0/s1. The SMILES string of the molecule is CC(C)NC(=O)[C@H](C)N(Cc1cccc(Cl)c1)C(=O)Cc1ccc(F)cc1. The van der Waals surface area contributed by atoms with Crippen LogP contribution < -0.4 is 5.32 Å². The molecular weight excluding hydrogens is 367 g/mol. The third kappa shape index (κ3) is 6.36. The minimum absolute atomic E-state index is 0.0276. The molecule has 1 atom stereocenters. The van der Waals surface area contributed by atoms with Crippen molar-refractivity contribution >= 4 is 23.4 Å². The highest BCUT2D eigenvalue weighted by Crippen LogP contribution is 2.16. The Balaban J connectivity index is 2.22. The molecule has 0 spiro atoms. The van der Waals surface area contributed by atoms with Crippen LogP contribution in [0.5, 0.6) is 0 Å². The molecule has 0 aromatic heterocycles. The summed E-state index contributed by atoms with van der Waals surface area (Å²) in [6.45, 7) is 5.69. The van der Waals surface area contributed by atoms with E-state index in [1.165, 1.54) is 17.0 Å². The van der Waals surface area contributed by atoms with Crippen LogP contribution in [-0.2, 0) is 22.6 Å². The highest BCUT2D eigenvalue weighted by atomic mass is 35.5. The van der Waals surface area contributed by atoms with Gasteiger partial charge in [0.2, 0.25) is 11.8 Å². The molecule has 144 valence electrons. The lowest BCUT2D eigenvalue weighted by atomic mass is 10.1. The zero-order chi connectivity index (χ0) is 20.0. The van der Waals surface area contributed by atoms with E-state index in [1.807, 2.05) is 19.9 Å². The summed E-state index contributed by atoms with van der Waals surface area (Å²) in [4.78, 5) is 26.9. The Hall–Kier alpha value is -2.40. The molecule has 1 N–H and O–H groups in total. The zero-order valence-electron chi connectivity index (χ0n) is 15.7. The molecule has 0 saturated heterocycles. The number of nitrogens with zero attached hydrogens (tertiary/aromatic N) is 1. The molecule has 2 aromatic carbocycles. The van der Waals surface area contributed by atoms with E-state index >= 15 is 0 Å². The summed E-state index contributed by atoms with van der Waals surface area (Å²) in [6, 6.07) is 12.3. The molecule has 6 heteroatoms. The third-order valence-electron chi connectivity index (χ3n) is 4.11. The van der Waals surface area contributed by atoms with Gasteiger partial charge in [0.25, 0.3) is 0 Å². The van der Waals surface area contributed by atoms with Crippen molar-refractivity contribution in [2.45, 2.75) is 45.8 Å². The van der Waals surface area contributed by atoms with Crippen molar-refractivity contribution in [2.75, 3.05) is 0 Å². The Morgan fingerprint density at radius 3 is 2.33 bits per heavy atom. The van der Waals surface area contributed by atoms with Gasteiger partial charge >= 0.3 is 0 Å². The van der Waals surface area contributed by atoms with Crippen molar-refractivity contribution in [3.63, 3.8) is 0 Å². The summed E-state index contributed by atoms with van der Waals surface area (Å²) in [7, 11) is 0. The normalized spacial score (nSPS) is 11.9. The van der Waals surface area contributed by atoms with Gasteiger partial charge in [-0.3, -0.25) is 9.59 Å². The third-order valence-corrected chi connectivity index (χ3v) is 4.34. The zero-order valence-corrected chi connectivity index (χ0v) is 16.5. The maximum atomic E-state index is 13.1. The van der Waals surface area contributed by atoms with Gasteiger partial charge in [-0.25, -0.2) is 4.39 Å². The summed E-state index contributed by atoms with van der Waals surface area (Å²) < 4.78 is 13.1. The van der Waals surface area contributed by atoms with Crippen molar-refractivity contribution < 1.29 is 14.0 Å². The fourth-order valence-corrected chi connectivity index (χ4v) is 2.91. The number of carbonyl (C=O) groups is 2. The second-order valence-electron chi connectivity index (χ2n) is 6.79. The van der Waals surface area contributed by atoms with E-state index in [9.17, 15) is 14.0 Å². The van der Waals surface area contributed by atoms with Crippen molar-refractivity contribution in [3.05, 3.63) is 70.5 Å². The predicted molar refractivity (Wildman–Crippen MR) is 105 cm³/mol. The minimum atomic E-state index is -0.653. The average molecular weight is 391 g/mol. The van der Waals surface area contributed by atoms with E-state index in [0.717, 1.165) is 5.56 Å². The predicted octanol–water partition coefficient (Wildman–Crippen LogP) is 3.96. The fourth-order valence-electron chi connectivity index (χ4n) is 2.70. The van der Waals surface area contributed by atoms with Gasteiger partial charge in [-0.1, -0.05) is 35.9 Å². The number of halogens is 2. The van der Waals surface area contributed by atoms with E-state index in [-0.39, 0.29) is 36.6 Å². The number of amides is 2. The van der Waals surface area contributed by atoms with Gasteiger partial charge in [0.1, 0.15) is 11.9 Å². The summed E-state index contributed by atoms with van der Waals surface area (Å²) in [5.74, 6) is -0.792. The lowest BCUT2D eigenvalue weighted by Crippen LogP contribution is -2.49. The Kier molecular flexibility index (Phi) is 7.36. The van der Waals surface area contributed by atoms with Crippen LogP contribution in [-0.4, -0.2) is 28.8 Å². The van der Waals surface area contributed by atoms with Gasteiger partial charge in [-0.2, -0.15) is 0 Å². The molecule has 0 heterocycles. The second-order valence-corrected chi connectivity index (χ2v) is 7.23. The lowest BCUT2D eigenvalue weighted by Gasteiger charge is -2.29. The van der Waals surface area contributed by atoms with E-state index < -0.39 is 6.04 Å². The first-order valence-corrected chi connectivity index (χ1v) is 9.23. The van der Waals surface area contributed by atoms with Crippen molar-refractivity contribution in [1.82, 2.24) is 10.2 Å². The van der Waals surface area contributed by atoms with Crippen molar-refractivity contribution in [1.29, 1.82) is 0 Å². The smallest absolute Gasteiger partial charge is 0.242 e. The van der Waals surface area contributed by atoms with Gasteiger partial charge < -0.3 is 10.2 Å². The summed E-state index contributed by atoms with van der Waals surface area (Å²) in [5, 5.41) is 3.41. The molecule has 0 aliphatic carbocycles. The largest absolute Gasteiger partial charge is 0.352 e. The van der Waals surface area contributed by atoms with E-state index in [0.29, 0.717) is 10.6 Å². The molecule has 0 bridgehead atoms. The van der Waals surface area contributed by atoms with E-state index in [1.54, 1.807) is 37.3 Å². The molecule has 0 aliphatic heterocycles. The highest BCUT2D eigenvalue weighted by molar-refractivity contribution is 6.30. The Morgan fingerprint density at radius 2 is 1.74 bits per heavy atom. The fraction of sp³-hybridized carbons (Fsp3) is 0.333. The minimum Gasteiger partial charge on any atom is -0.352 e. The average Bonchev–Trinajstić information content (AvgIpc) is 2.60. The number of benzene rings is 2. The van der Waals surface area contributed by atoms with Crippen LogP contribution in [0.4, 0.5) is 4.39 Å². The molecule has 0 saturated carbocycles. The summed E-state index contributed by atoms with van der Waals surface area (Å²) in [5.41, 5.74) is 1.52. The van der Waals surface area contributed by atoms with Crippen LogP contribution in [0.1, 0.15) is 31.9 Å². The van der Waals surface area contributed by atoms with E-state index in [2.05, 4.69) is 5.32 Å². The molecule has 2 aromatic rings. The Morgan fingerprint density at radius 1 is 1.07 bits per heavy atom. The molecule has 0 radical (unpaired) electrons. The number of nitrogens with one attached hydrogen (secondary N) is 1. The number of rotatable bonds is 7. The van der Waals surface area contributed by atoms with Gasteiger partial charge in [0, 0.05) is 17.6 Å². The first-order chi connectivity index (χ1) is 12.8. The summed E-state index contributed by atoms with van der Waals surface area (Å²) >= 11 is 6.05. The number of carbonyl (C=O) groups excluding carboxylic acids is 2. The van der Waals surface area contributed by atoms with E-state index in [4.69, 9.17) is 11.6 Å². The number of hydrogen-bond acceptors (Lipinski definition) is 2. The number of hydrogen-bond donors (Lipinski definition) is 1. The molecule has 0 unspecified atom stereocenters. The quantitative estimate of drug-likeness (QED) is 0.777.